The minimum Gasteiger partial charge on any atom is -0.425 e. The van der Waals surface area contributed by atoms with Crippen LogP contribution in [0, 0.1) is 0 Å². The maximum absolute atomic E-state index is 11.5. The first kappa shape index (κ1) is 13.7. The van der Waals surface area contributed by atoms with Crippen LogP contribution in [0.15, 0.2) is 27.1 Å². The largest absolute Gasteiger partial charge is 0.425 e. The van der Waals surface area contributed by atoms with Crippen LogP contribution in [0.5, 0.6) is 5.75 Å². The lowest BCUT2D eigenvalue weighted by molar-refractivity contribution is -0.134. The molecule has 0 fully saturated rings. The molecule has 88 valence electrons. The van der Waals surface area contributed by atoms with E-state index in [4.69, 9.17) is 4.74 Å². The molecule has 0 N–H and O–H groups in total. The third-order valence-electron chi connectivity index (χ3n) is 2.12. The maximum Gasteiger partial charge on any atom is 0.311 e. The van der Waals surface area contributed by atoms with E-state index in [1.54, 1.807) is 6.07 Å². The monoisotopic (exact) mass is 348 g/mol. The Kier molecular flexibility index (Phi) is 6.06. The van der Waals surface area contributed by atoms with Crippen molar-refractivity contribution in [2.45, 2.75) is 32.6 Å². The molecular formula is C12H14Br2O2. The van der Waals surface area contributed by atoms with Crippen LogP contribution in [-0.2, 0) is 4.79 Å². The van der Waals surface area contributed by atoms with Crippen LogP contribution in [0.2, 0.25) is 0 Å². The van der Waals surface area contributed by atoms with Gasteiger partial charge < -0.3 is 4.74 Å². The SMILES string of the molecule is CCCCCC(=O)Oc1cccc(Br)c1Br. The van der Waals surface area contributed by atoms with Gasteiger partial charge in [-0.15, -0.1) is 0 Å². The number of hydrogen-bond acceptors (Lipinski definition) is 2. The molecule has 0 bridgehead atoms. The van der Waals surface area contributed by atoms with Gasteiger partial charge in [-0.2, -0.15) is 0 Å². The summed E-state index contributed by atoms with van der Waals surface area (Å²) in [6.07, 6.45) is 3.54. The van der Waals surface area contributed by atoms with Crippen molar-refractivity contribution in [2.24, 2.45) is 0 Å². The van der Waals surface area contributed by atoms with Crippen molar-refractivity contribution in [2.75, 3.05) is 0 Å². The van der Waals surface area contributed by atoms with Gasteiger partial charge in [0.2, 0.25) is 0 Å². The van der Waals surface area contributed by atoms with Crippen LogP contribution >= 0.6 is 31.9 Å². The lowest BCUT2D eigenvalue weighted by atomic mass is 10.2. The molecule has 4 heteroatoms. The van der Waals surface area contributed by atoms with Gasteiger partial charge in [0, 0.05) is 10.9 Å². The fourth-order valence-corrected chi connectivity index (χ4v) is 1.95. The van der Waals surface area contributed by atoms with Crippen LogP contribution in [0.4, 0.5) is 0 Å². The molecule has 1 aromatic rings. The van der Waals surface area contributed by atoms with Gasteiger partial charge in [-0.3, -0.25) is 4.79 Å². The first-order valence-electron chi connectivity index (χ1n) is 5.30. The summed E-state index contributed by atoms with van der Waals surface area (Å²) in [6.45, 7) is 2.11. The molecule has 0 spiro atoms. The smallest absolute Gasteiger partial charge is 0.311 e. The summed E-state index contributed by atoms with van der Waals surface area (Å²) in [4.78, 5) is 11.5. The minimum atomic E-state index is -0.174. The van der Waals surface area contributed by atoms with Gasteiger partial charge >= 0.3 is 5.97 Å². The molecule has 0 radical (unpaired) electrons. The lowest BCUT2D eigenvalue weighted by Gasteiger charge is -2.07. The predicted molar refractivity (Wildman–Crippen MR) is 71.6 cm³/mol. The predicted octanol–water partition coefficient (Wildman–Crippen LogP) is 4.70. The molecule has 16 heavy (non-hydrogen) atoms. The summed E-state index contributed by atoms with van der Waals surface area (Å²) < 4.78 is 6.91. The standard InChI is InChI=1S/C12H14Br2O2/c1-2-3-4-8-11(15)16-10-7-5-6-9(13)12(10)14/h5-7H,2-4,8H2,1H3. The molecule has 0 aliphatic carbocycles. The number of esters is 1. The van der Waals surface area contributed by atoms with E-state index in [0.717, 1.165) is 28.2 Å². The molecule has 0 atom stereocenters. The van der Waals surface area contributed by atoms with Crippen molar-refractivity contribution < 1.29 is 9.53 Å². The number of unbranched alkanes of at least 4 members (excludes halogenated alkanes) is 2. The van der Waals surface area contributed by atoms with Crippen molar-refractivity contribution in [3.8, 4) is 5.75 Å². The second kappa shape index (κ2) is 7.07. The summed E-state index contributed by atoms with van der Waals surface area (Å²) in [5.74, 6) is 0.392. The van der Waals surface area contributed by atoms with Crippen LogP contribution < -0.4 is 4.74 Å². The molecule has 0 amide bonds. The minimum absolute atomic E-state index is 0.174. The van der Waals surface area contributed by atoms with Crippen LogP contribution in [0.25, 0.3) is 0 Å². The Morgan fingerprint density at radius 3 is 2.75 bits per heavy atom. The van der Waals surface area contributed by atoms with Crippen molar-refractivity contribution in [3.63, 3.8) is 0 Å². The average molecular weight is 350 g/mol. The highest BCUT2D eigenvalue weighted by Crippen LogP contribution is 2.32. The summed E-state index contributed by atoms with van der Waals surface area (Å²) in [6, 6.07) is 5.49. The summed E-state index contributed by atoms with van der Waals surface area (Å²) in [7, 11) is 0. The number of carbonyl (C=O) groups is 1. The normalized spacial score (nSPS) is 10.2. The second-order valence-electron chi connectivity index (χ2n) is 3.48. The molecule has 1 rings (SSSR count). The van der Waals surface area contributed by atoms with Crippen LogP contribution in [0.3, 0.4) is 0 Å². The van der Waals surface area contributed by atoms with E-state index in [2.05, 4.69) is 38.8 Å². The maximum atomic E-state index is 11.5. The zero-order valence-electron chi connectivity index (χ0n) is 9.13. The van der Waals surface area contributed by atoms with Crippen LogP contribution in [0.1, 0.15) is 32.6 Å². The highest BCUT2D eigenvalue weighted by molar-refractivity contribution is 9.13. The van der Waals surface area contributed by atoms with E-state index in [-0.39, 0.29) is 5.97 Å². The Morgan fingerprint density at radius 1 is 1.31 bits per heavy atom. The Hall–Kier alpha value is -0.350. The zero-order valence-corrected chi connectivity index (χ0v) is 12.3. The van der Waals surface area contributed by atoms with Crippen molar-refractivity contribution in [1.82, 2.24) is 0 Å². The number of halogens is 2. The molecule has 2 nitrogen and oxygen atoms in total. The molecule has 0 aliphatic rings. The van der Waals surface area contributed by atoms with Gasteiger partial charge in [0.15, 0.2) is 0 Å². The van der Waals surface area contributed by atoms with Gasteiger partial charge in [0.05, 0.1) is 4.47 Å². The van der Waals surface area contributed by atoms with E-state index < -0.39 is 0 Å². The lowest BCUT2D eigenvalue weighted by Crippen LogP contribution is -2.07. The summed E-state index contributed by atoms with van der Waals surface area (Å²) in [5, 5.41) is 0. The summed E-state index contributed by atoms with van der Waals surface area (Å²) >= 11 is 6.73. The first-order chi connectivity index (χ1) is 7.65. The Morgan fingerprint density at radius 2 is 2.06 bits per heavy atom. The van der Waals surface area contributed by atoms with Crippen molar-refractivity contribution in [1.29, 1.82) is 0 Å². The van der Waals surface area contributed by atoms with E-state index in [1.807, 2.05) is 12.1 Å². The number of ether oxygens (including phenoxy) is 1. The molecule has 0 saturated heterocycles. The van der Waals surface area contributed by atoms with Crippen LogP contribution in [-0.4, -0.2) is 5.97 Å². The van der Waals surface area contributed by atoms with Crippen molar-refractivity contribution in [3.05, 3.63) is 27.1 Å². The second-order valence-corrected chi connectivity index (χ2v) is 5.13. The van der Waals surface area contributed by atoms with Gasteiger partial charge in [-0.05, 0) is 50.4 Å². The highest BCUT2D eigenvalue weighted by atomic mass is 79.9. The molecule has 0 aromatic heterocycles. The van der Waals surface area contributed by atoms with Gasteiger partial charge in [0.25, 0.3) is 0 Å². The third-order valence-corrected chi connectivity index (χ3v) is 4.14. The highest BCUT2D eigenvalue weighted by Gasteiger charge is 2.09. The van der Waals surface area contributed by atoms with E-state index in [9.17, 15) is 4.79 Å². The molecule has 1 aromatic carbocycles. The molecule has 0 unspecified atom stereocenters. The third kappa shape index (κ3) is 4.26. The van der Waals surface area contributed by atoms with E-state index >= 15 is 0 Å². The van der Waals surface area contributed by atoms with Crippen molar-refractivity contribution >= 4 is 37.8 Å². The average Bonchev–Trinajstić information content (AvgIpc) is 2.25. The zero-order chi connectivity index (χ0) is 12.0. The number of benzene rings is 1. The quantitative estimate of drug-likeness (QED) is 0.437. The topological polar surface area (TPSA) is 26.3 Å². The van der Waals surface area contributed by atoms with E-state index in [1.165, 1.54) is 0 Å². The van der Waals surface area contributed by atoms with E-state index in [0.29, 0.717) is 12.2 Å². The van der Waals surface area contributed by atoms with Gasteiger partial charge in [-0.1, -0.05) is 25.8 Å². The Labute approximate surface area is 113 Å². The molecule has 0 heterocycles. The van der Waals surface area contributed by atoms with Gasteiger partial charge in [-0.25, -0.2) is 0 Å². The Balaban J connectivity index is 2.53. The number of hydrogen-bond donors (Lipinski definition) is 0. The fourth-order valence-electron chi connectivity index (χ4n) is 1.26. The first-order valence-corrected chi connectivity index (χ1v) is 6.88. The molecule has 0 saturated carbocycles. The number of carbonyl (C=O) groups excluding carboxylic acids is 1. The molecular weight excluding hydrogens is 336 g/mol. The molecule has 0 aliphatic heterocycles. The fraction of sp³-hybridized carbons (Fsp3) is 0.417. The number of rotatable bonds is 5. The summed E-state index contributed by atoms with van der Waals surface area (Å²) in [5.41, 5.74) is 0. The Bertz CT molecular complexity index is 364. The van der Waals surface area contributed by atoms with Gasteiger partial charge in [0.1, 0.15) is 5.75 Å².